The van der Waals surface area contributed by atoms with E-state index >= 15 is 0 Å². The first-order valence-corrected chi connectivity index (χ1v) is 6.87. The van der Waals surface area contributed by atoms with Crippen molar-refractivity contribution in [3.63, 3.8) is 0 Å². The molecule has 1 atom stereocenters. The summed E-state index contributed by atoms with van der Waals surface area (Å²) in [6.45, 7) is 10.1. The quantitative estimate of drug-likeness (QED) is 0.792. The number of nitrogens with one attached hydrogen (secondary N) is 1. The summed E-state index contributed by atoms with van der Waals surface area (Å²) >= 11 is 0. The highest BCUT2D eigenvalue weighted by Crippen LogP contribution is 2.22. The van der Waals surface area contributed by atoms with Crippen LogP contribution < -0.4 is 5.32 Å². The number of hydrogen-bond acceptors (Lipinski definition) is 2. The van der Waals surface area contributed by atoms with Gasteiger partial charge in [-0.25, -0.2) is 0 Å². The normalized spacial score (nSPS) is 21.4. The lowest BCUT2D eigenvalue weighted by Gasteiger charge is -2.37. The van der Waals surface area contributed by atoms with Crippen molar-refractivity contribution in [3.8, 4) is 0 Å². The fourth-order valence-corrected chi connectivity index (χ4v) is 2.45. The van der Waals surface area contributed by atoms with Crippen molar-refractivity contribution in [2.75, 3.05) is 13.6 Å². The van der Waals surface area contributed by atoms with Crippen molar-refractivity contribution in [1.29, 1.82) is 0 Å². The van der Waals surface area contributed by atoms with Gasteiger partial charge < -0.3 is 5.32 Å². The van der Waals surface area contributed by atoms with Crippen molar-refractivity contribution in [3.05, 3.63) is 0 Å². The summed E-state index contributed by atoms with van der Waals surface area (Å²) in [5.74, 6) is 0. The summed E-state index contributed by atoms with van der Waals surface area (Å²) in [6, 6.07) is 1.47. The summed E-state index contributed by atoms with van der Waals surface area (Å²) in [5.41, 5.74) is 0.238. The third kappa shape index (κ3) is 4.84. The zero-order chi connectivity index (χ0) is 12.2. The van der Waals surface area contributed by atoms with Gasteiger partial charge in [0.1, 0.15) is 0 Å². The summed E-state index contributed by atoms with van der Waals surface area (Å²) in [5, 5.41) is 3.60. The zero-order valence-electron chi connectivity index (χ0n) is 11.8. The Balaban J connectivity index is 2.31. The Bertz CT molecular complexity index is 189. The highest BCUT2D eigenvalue weighted by atomic mass is 15.2. The van der Waals surface area contributed by atoms with Crippen LogP contribution in [0.2, 0.25) is 0 Å². The number of hydrogen-bond donors (Lipinski definition) is 1. The average Bonchev–Trinajstić information content (AvgIpc) is 2.25. The standard InChI is InChI=1S/C14H30N2/c1-12(11-15-14(2,3)4)16(5)13-9-7-6-8-10-13/h12-13,15H,6-11H2,1-5H3. The molecule has 16 heavy (non-hydrogen) atoms. The van der Waals surface area contributed by atoms with Gasteiger partial charge in [0.2, 0.25) is 0 Å². The maximum Gasteiger partial charge on any atom is 0.0192 e. The Morgan fingerprint density at radius 1 is 1.19 bits per heavy atom. The average molecular weight is 226 g/mol. The van der Waals surface area contributed by atoms with Crippen molar-refractivity contribution >= 4 is 0 Å². The minimum absolute atomic E-state index is 0.238. The number of nitrogens with zero attached hydrogens (tertiary/aromatic N) is 1. The molecule has 0 aromatic rings. The molecule has 1 aliphatic carbocycles. The van der Waals surface area contributed by atoms with Gasteiger partial charge in [-0.15, -0.1) is 0 Å². The molecular formula is C14H30N2. The third-order valence-corrected chi connectivity index (χ3v) is 3.77. The van der Waals surface area contributed by atoms with Gasteiger partial charge in [-0.05, 0) is 47.6 Å². The van der Waals surface area contributed by atoms with Gasteiger partial charge in [0.25, 0.3) is 0 Å². The molecular weight excluding hydrogens is 196 g/mol. The van der Waals surface area contributed by atoms with E-state index in [0.717, 1.165) is 12.6 Å². The molecule has 0 radical (unpaired) electrons. The van der Waals surface area contributed by atoms with Crippen molar-refractivity contribution < 1.29 is 0 Å². The van der Waals surface area contributed by atoms with E-state index in [9.17, 15) is 0 Å². The van der Waals surface area contributed by atoms with Gasteiger partial charge in [-0.2, -0.15) is 0 Å². The lowest BCUT2D eigenvalue weighted by atomic mass is 9.93. The minimum atomic E-state index is 0.238. The van der Waals surface area contributed by atoms with Gasteiger partial charge in [0, 0.05) is 24.2 Å². The van der Waals surface area contributed by atoms with Crippen molar-refractivity contribution in [1.82, 2.24) is 10.2 Å². The van der Waals surface area contributed by atoms with Crippen LogP contribution in [0.4, 0.5) is 0 Å². The summed E-state index contributed by atoms with van der Waals surface area (Å²) in [7, 11) is 2.30. The van der Waals surface area contributed by atoms with E-state index in [1.54, 1.807) is 0 Å². The van der Waals surface area contributed by atoms with Gasteiger partial charge in [0.15, 0.2) is 0 Å². The second-order valence-electron chi connectivity index (χ2n) is 6.44. The Hall–Kier alpha value is -0.0800. The molecule has 0 spiro atoms. The van der Waals surface area contributed by atoms with E-state index in [2.05, 4.69) is 45.0 Å². The van der Waals surface area contributed by atoms with Gasteiger partial charge in [0.05, 0.1) is 0 Å². The predicted octanol–water partition coefficient (Wildman–Crippen LogP) is 3.03. The van der Waals surface area contributed by atoms with E-state index in [-0.39, 0.29) is 5.54 Å². The van der Waals surface area contributed by atoms with Crippen LogP contribution in [0.3, 0.4) is 0 Å². The molecule has 1 saturated carbocycles. The minimum Gasteiger partial charge on any atom is -0.311 e. The van der Waals surface area contributed by atoms with E-state index < -0.39 is 0 Å². The first-order chi connectivity index (χ1) is 7.40. The molecule has 1 aliphatic rings. The van der Waals surface area contributed by atoms with Gasteiger partial charge >= 0.3 is 0 Å². The smallest absolute Gasteiger partial charge is 0.0192 e. The fourth-order valence-electron chi connectivity index (χ4n) is 2.45. The lowest BCUT2D eigenvalue weighted by Crippen LogP contribution is -2.48. The first kappa shape index (κ1) is 14.0. The largest absolute Gasteiger partial charge is 0.311 e. The molecule has 0 bridgehead atoms. The second-order valence-corrected chi connectivity index (χ2v) is 6.44. The van der Waals surface area contributed by atoms with Crippen molar-refractivity contribution in [2.45, 2.75) is 77.4 Å². The second kappa shape index (κ2) is 6.02. The van der Waals surface area contributed by atoms with E-state index in [1.807, 2.05) is 0 Å². The molecule has 1 N–H and O–H groups in total. The molecule has 96 valence electrons. The first-order valence-electron chi connectivity index (χ1n) is 6.87. The monoisotopic (exact) mass is 226 g/mol. The Morgan fingerprint density at radius 2 is 1.75 bits per heavy atom. The van der Waals surface area contributed by atoms with Crippen LogP contribution in [0.15, 0.2) is 0 Å². The molecule has 1 unspecified atom stereocenters. The molecule has 2 nitrogen and oxygen atoms in total. The van der Waals surface area contributed by atoms with Crippen LogP contribution in [0, 0.1) is 0 Å². The van der Waals surface area contributed by atoms with Gasteiger partial charge in [-0.1, -0.05) is 19.3 Å². The number of rotatable bonds is 4. The molecule has 0 aliphatic heterocycles. The molecule has 2 heteroatoms. The molecule has 0 saturated heterocycles. The number of likely N-dealkylation sites (N-methyl/N-ethyl adjacent to an activating group) is 1. The Kier molecular flexibility index (Phi) is 5.26. The van der Waals surface area contributed by atoms with Crippen LogP contribution in [-0.4, -0.2) is 36.1 Å². The predicted molar refractivity (Wildman–Crippen MR) is 71.9 cm³/mol. The molecule has 0 amide bonds. The SMILES string of the molecule is CC(CNC(C)(C)C)N(C)C1CCCCC1. The van der Waals surface area contributed by atoms with Crippen LogP contribution >= 0.6 is 0 Å². The highest BCUT2D eigenvalue weighted by molar-refractivity contribution is 4.80. The van der Waals surface area contributed by atoms with Crippen LogP contribution in [0.25, 0.3) is 0 Å². The van der Waals surface area contributed by atoms with E-state index in [0.29, 0.717) is 6.04 Å². The molecule has 0 aromatic carbocycles. The van der Waals surface area contributed by atoms with E-state index in [4.69, 9.17) is 0 Å². The summed E-state index contributed by atoms with van der Waals surface area (Å²) in [6.07, 6.45) is 7.09. The molecule has 1 fully saturated rings. The van der Waals surface area contributed by atoms with Crippen molar-refractivity contribution in [2.24, 2.45) is 0 Å². The van der Waals surface area contributed by atoms with Crippen LogP contribution in [0.1, 0.15) is 59.8 Å². The topological polar surface area (TPSA) is 15.3 Å². The maximum absolute atomic E-state index is 3.60. The molecule has 0 heterocycles. The third-order valence-electron chi connectivity index (χ3n) is 3.77. The summed E-state index contributed by atoms with van der Waals surface area (Å²) in [4.78, 5) is 2.58. The lowest BCUT2D eigenvalue weighted by molar-refractivity contribution is 0.139. The maximum atomic E-state index is 3.60. The summed E-state index contributed by atoms with van der Waals surface area (Å²) < 4.78 is 0. The van der Waals surface area contributed by atoms with Crippen LogP contribution in [0.5, 0.6) is 0 Å². The molecule has 0 aromatic heterocycles. The molecule has 1 rings (SSSR count). The van der Waals surface area contributed by atoms with Crippen LogP contribution in [-0.2, 0) is 0 Å². The Morgan fingerprint density at radius 3 is 2.25 bits per heavy atom. The highest BCUT2D eigenvalue weighted by Gasteiger charge is 2.22. The van der Waals surface area contributed by atoms with E-state index in [1.165, 1.54) is 32.1 Å². The zero-order valence-corrected chi connectivity index (χ0v) is 11.8. The fraction of sp³-hybridized carbons (Fsp3) is 1.00. The Labute approximate surface area is 102 Å². The van der Waals surface area contributed by atoms with Gasteiger partial charge in [-0.3, -0.25) is 4.90 Å².